The van der Waals surface area contributed by atoms with Crippen molar-refractivity contribution in [2.24, 2.45) is 22.2 Å². The van der Waals surface area contributed by atoms with Gasteiger partial charge < -0.3 is 9.64 Å². The number of pyridine rings is 1. The van der Waals surface area contributed by atoms with Crippen LogP contribution in [0.2, 0.25) is 5.15 Å². The van der Waals surface area contributed by atoms with Crippen molar-refractivity contribution in [3.05, 3.63) is 51.8 Å². The quantitative estimate of drug-likeness (QED) is 0.0922. The number of carbonyl (C=O) groups is 3. The maximum Gasteiger partial charge on any atom is 0.311 e. The van der Waals surface area contributed by atoms with Gasteiger partial charge in [0.05, 0.1) is 5.92 Å². The van der Waals surface area contributed by atoms with Gasteiger partial charge >= 0.3 is 5.97 Å². The third-order valence-electron chi connectivity index (χ3n) is 7.46. The number of amidine groups is 1. The maximum atomic E-state index is 12.4. The summed E-state index contributed by atoms with van der Waals surface area (Å²) in [6.45, 7) is 10.3. The molecule has 39 heavy (non-hydrogen) atoms. The highest BCUT2D eigenvalue weighted by atomic mass is 35.5. The molecule has 0 aromatic carbocycles. The van der Waals surface area contributed by atoms with Crippen molar-refractivity contribution >= 4 is 35.2 Å². The van der Waals surface area contributed by atoms with Gasteiger partial charge in [-0.3, -0.25) is 14.4 Å². The van der Waals surface area contributed by atoms with Crippen LogP contribution >= 0.6 is 11.6 Å². The zero-order chi connectivity index (χ0) is 28.9. The van der Waals surface area contributed by atoms with Crippen LogP contribution in [0.5, 0.6) is 0 Å². The highest BCUT2D eigenvalue weighted by molar-refractivity contribution is 6.29. The van der Waals surface area contributed by atoms with Crippen LogP contribution in [0.1, 0.15) is 65.9 Å². The number of nitriles is 1. The van der Waals surface area contributed by atoms with Crippen LogP contribution in [0.25, 0.3) is 0 Å². The molecule has 0 radical (unpaired) electrons. The second-order valence-electron chi connectivity index (χ2n) is 11.0. The molecule has 1 fully saturated rings. The Bertz CT molecular complexity index is 1230. The van der Waals surface area contributed by atoms with Crippen LogP contribution in [0.3, 0.4) is 0 Å². The molecule has 2 aliphatic carbocycles. The van der Waals surface area contributed by atoms with Crippen LogP contribution in [0.4, 0.5) is 0 Å². The van der Waals surface area contributed by atoms with Gasteiger partial charge in [-0.15, -0.1) is 0 Å². The van der Waals surface area contributed by atoms with Crippen LogP contribution < -0.4 is 0 Å². The van der Waals surface area contributed by atoms with Crippen molar-refractivity contribution in [3.63, 3.8) is 0 Å². The number of imide groups is 1. The van der Waals surface area contributed by atoms with Crippen molar-refractivity contribution in [2.75, 3.05) is 13.8 Å². The van der Waals surface area contributed by atoms with Gasteiger partial charge in [-0.25, -0.2) is 9.88 Å². The monoisotopic (exact) mass is 553 g/mol. The van der Waals surface area contributed by atoms with E-state index < -0.39 is 0 Å². The highest BCUT2D eigenvalue weighted by Gasteiger charge is 2.61. The Hall–Kier alpha value is -3.51. The van der Waals surface area contributed by atoms with Crippen molar-refractivity contribution in [1.29, 1.82) is 5.26 Å². The Kier molecular flexibility index (Phi) is 9.68. The number of esters is 1. The molecule has 2 unspecified atom stereocenters. The molecule has 3 aliphatic rings. The van der Waals surface area contributed by atoms with E-state index in [0.717, 1.165) is 23.3 Å². The number of nitrogens with zero attached hydrogens (tertiary/aromatic N) is 5. The molecule has 1 aliphatic heterocycles. The Balaban J connectivity index is 0.000000242. The third kappa shape index (κ3) is 7.12. The van der Waals surface area contributed by atoms with Crippen LogP contribution in [-0.4, -0.2) is 52.2 Å². The fourth-order valence-electron chi connectivity index (χ4n) is 4.97. The molecule has 4 rings (SSSR count). The van der Waals surface area contributed by atoms with Gasteiger partial charge in [0.15, 0.2) is 6.73 Å². The molecule has 1 aromatic heterocycles. The number of halogens is 1. The van der Waals surface area contributed by atoms with Crippen molar-refractivity contribution in [2.45, 2.75) is 66.8 Å². The van der Waals surface area contributed by atoms with Crippen LogP contribution in [-0.2, 0) is 25.7 Å². The summed E-state index contributed by atoms with van der Waals surface area (Å²) in [5.41, 5.74) is 3.30. The molecule has 0 spiro atoms. The van der Waals surface area contributed by atoms with E-state index in [1.165, 1.54) is 5.57 Å². The van der Waals surface area contributed by atoms with Crippen LogP contribution in [0, 0.1) is 28.7 Å². The van der Waals surface area contributed by atoms with Crippen LogP contribution in [0.15, 0.2) is 46.1 Å². The Labute approximate surface area is 235 Å². The zero-order valence-electron chi connectivity index (χ0n) is 23.5. The number of hydrogen-bond donors (Lipinski definition) is 0. The number of hydrogen-bond acceptors (Lipinski definition) is 7. The van der Waals surface area contributed by atoms with Crippen molar-refractivity contribution in [3.8, 4) is 6.19 Å². The van der Waals surface area contributed by atoms with E-state index in [1.54, 1.807) is 25.4 Å². The molecule has 2 atom stereocenters. The predicted molar refractivity (Wildman–Crippen MR) is 148 cm³/mol. The second-order valence-corrected chi connectivity index (χ2v) is 11.4. The lowest BCUT2D eigenvalue weighted by atomic mass is 9.93. The molecular formula is C29H36ClN5O4. The Morgan fingerprint density at radius 3 is 2.36 bits per heavy atom. The number of rotatable bonds is 6. The van der Waals surface area contributed by atoms with Crippen molar-refractivity contribution in [1.82, 2.24) is 14.8 Å². The van der Waals surface area contributed by atoms with E-state index >= 15 is 0 Å². The fraction of sp³-hybridized carbons (Fsp3) is 0.517. The summed E-state index contributed by atoms with van der Waals surface area (Å²) < 4.78 is 5.33. The van der Waals surface area contributed by atoms with E-state index in [2.05, 4.69) is 16.1 Å². The van der Waals surface area contributed by atoms with E-state index in [-0.39, 0.29) is 41.8 Å². The minimum absolute atomic E-state index is 0.134. The summed E-state index contributed by atoms with van der Waals surface area (Å²) in [5, 5.41) is 8.87. The van der Waals surface area contributed by atoms with Gasteiger partial charge in [0.2, 0.25) is 6.19 Å². The van der Waals surface area contributed by atoms with Gasteiger partial charge in [-0.1, -0.05) is 43.2 Å². The average molecular weight is 554 g/mol. The molecule has 2 heterocycles. The fourth-order valence-corrected chi connectivity index (χ4v) is 5.09. The van der Waals surface area contributed by atoms with Crippen molar-refractivity contribution < 1.29 is 19.1 Å². The summed E-state index contributed by atoms with van der Waals surface area (Å²) in [4.78, 5) is 47.6. The number of amides is 2. The highest BCUT2D eigenvalue weighted by Crippen LogP contribution is 2.59. The molecule has 208 valence electrons. The lowest BCUT2D eigenvalue weighted by molar-refractivity contribution is -0.156. The van der Waals surface area contributed by atoms with E-state index in [9.17, 15) is 14.4 Å². The summed E-state index contributed by atoms with van der Waals surface area (Å²) in [5.74, 6) is -0.258. The van der Waals surface area contributed by atoms with Gasteiger partial charge in [0.25, 0.3) is 11.8 Å². The number of aromatic nitrogens is 1. The Morgan fingerprint density at radius 1 is 1.23 bits per heavy atom. The molecular weight excluding hydrogens is 518 g/mol. The van der Waals surface area contributed by atoms with E-state index in [0.29, 0.717) is 41.5 Å². The molecule has 0 saturated heterocycles. The standard InChI is InChI=1S/C19H25NO4.C10H11ClN4/c1-11(2)9-14-15(19(14,3)4)18(23)24-10-20-16(21)12-7-5-6-8-13(12)17(20)22;1-8(14-7-12)15(2)6-9-3-4-10(11)13-5-9/h9,14-15H,5-8,10H2,1-4H3;3-5H,6H2,1-2H3/b;14-8+. The molecule has 10 heteroatoms. The number of carbonyl (C=O) groups excluding carboxylic acids is 3. The molecule has 1 aromatic rings. The van der Waals surface area contributed by atoms with E-state index in [4.69, 9.17) is 21.6 Å². The number of ether oxygens (including phenoxy) is 1. The van der Waals surface area contributed by atoms with E-state index in [1.807, 2.05) is 45.7 Å². The van der Waals surface area contributed by atoms with Gasteiger partial charge in [-0.05, 0) is 69.4 Å². The third-order valence-corrected chi connectivity index (χ3v) is 7.68. The molecule has 0 N–H and O–H groups in total. The Morgan fingerprint density at radius 2 is 1.85 bits per heavy atom. The number of aliphatic imine (C=N–C) groups is 1. The minimum Gasteiger partial charge on any atom is -0.443 e. The van der Waals surface area contributed by atoms with Gasteiger partial charge in [0.1, 0.15) is 11.0 Å². The maximum absolute atomic E-state index is 12.4. The first-order valence-corrected chi connectivity index (χ1v) is 13.4. The summed E-state index contributed by atoms with van der Waals surface area (Å²) in [6.07, 6.45) is 8.74. The molecule has 1 saturated carbocycles. The first kappa shape index (κ1) is 30.0. The molecule has 2 amide bonds. The molecule has 0 bridgehead atoms. The SMILES string of the molecule is C/C(=N\C#N)N(C)Cc1ccc(Cl)nc1.CC(C)=CC1C(C(=O)OCN2C(=O)C3=C(CCCC3)C2=O)C1(C)C. The zero-order valence-corrected chi connectivity index (χ0v) is 24.2. The lowest BCUT2D eigenvalue weighted by Crippen LogP contribution is -2.35. The summed E-state index contributed by atoms with van der Waals surface area (Å²) in [6, 6.07) is 3.63. The first-order chi connectivity index (χ1) is 18.4. The number of allylic oxidation sites excluding steroid dienone is 2. The van der Waals surface area contributed by atoms with Gasteiger partial charge in [-0.2, -0.15) is 10.3 Å². The smallest absolute Gasteiger partial charge is 0.311 e. The minimum atomic E-state index is -0.326. The lowest BCUT2D eigenvalue weighted by Gasteiger charge is -2.17. The topological polar surface area (TPSA) is 116 Å². The summed E-state index contributed by atoms with van der Waals surface area (Å²) in [7, 11) is 1.87. The van der Waals surface area contributed by atoms with Gasteiger partial charge in [0, 0.05) is 30.9 Å². The second kappa shape index (κ2) is 12.6. The predicted octanol–water partition coefficient (Wildman–Crippen LogP) is 5.03. The first-order valence-electron chi connectivity index (χ1n) is 13.0. The largest absolute Gasteiger partial charge is 0.443 e. The molecule has 9 nitrogen and oxygen atoms in total. The average Bonchev–Trinajstić information content (AvgIpc) is 3.33. The normalized spacial score (nSPS) is 21.4. The summed E-state index contributed by atoms with van der Waals surface area (Å²) >= 11 is 5.67.